The Bertz CT molecular complexity index is 613. The fraction of sp³-hybridized carbons (Fsp3) is 0.875. The lowest BCUT2D eigenvalue weighted by atomic mass is 9.96. The molecule has 1 N–H and O–H groups in total. The van der Waals surface area contributed by atoms with Crippen molar-refractivity contribution in [3.05, 3.63) is 0 Å². The highest BCUT2D eigenvalue weighted by Crippen LogP contribution is 2.24. The highest BCUT2D eigenvalue weighted by molar-refractivity contribution is 7.91. The van der Waals surface area contributed by atoms with Crippen molar-refractivity contribution < 1.29 is 13.2 Å². The molecule has 138 valence electrons. The molecule has 2 fully saturated rings. The minimum atomic E-state index is -2.87. The number of nitrogens with one attached hydrogen (secondary N) is 1. The summed E-state index contributed by atoms with van der Waals surface area (Å²) in [6.07, 6.45) is 0.692. The highest BCUT2D eigenvalue weighted by Gasteiger charge is 2.40. The molecular weight excluding hydrogens is 328 g/mol. The van der Waals surface area contributed by atoms with Gasteiger partial charge in [-0.1, -0.05) is 0 Å². The quantitative estimate of drug-likeness (QED) is 0.581. The summed E-state index contributed by atoms with van der Waals surface area (Å²) >= 11 is 0. The molecule has 2 aliphatic rings. The van der Waals surface area contributed by atoms with Crippen molar-refractivity contribution in [1.29, 1.82) is 0 Å². The van der Waals surface area contributed by atoms with Crippen LogP contribution in [0.25, 0.3) is 0 Å². The molecule has 0 bridgehead atoms. The van der Waals surface area contributed by atoms with Crippen LogP contribution in [0.15, 0.2) is 4.99 Å². The molecule has 0 saturated carbocycles. The number of guanidine groups is 1. The number of aliphatic imine (C=N–C) groups is 1. The average molecular weight is 359 g/mol. The predicted octanol–water partition coefficient (Wildman–Crippen LogP) is 0.328. The molecule has 7 nitrogen and oxygen atoms in total. The third-order valence-electron chi connectivity index (χ3n) is 4.73. The van der Waals surface area contributed by atoms with Crippen LogP contribution in [0.2, 0.25) is 0 Å². The van der Waals surface area contributed by atoms with E-state index in [1.165, 1.54) is 0 Å². The molecule has 2 heterocycles. The van der Waals surface area contributed by atoms with E-state index in [-0.39, 0.29) is 34.9 Å². The van der Waals surface area contributed by atoms with Gasteiger partial charge >= 0.3 is 0 Å². The number of hydrogen-bond acceptors (Lipinski definition) is 4. The van der Waals surface area contributed by atoms with Gasteiger partial charge in [0.15, 0.2) is 15.8 Å². The van der Waals surface area contributed by atoms with E-state index in [9.17, 15) is 13.2 Å². The average Bonchev–Trinajstić information content (AvgIpc) is 2.76. The Balaban J connectivity index is 2.00. The topological polar surface area (TPSA) is 82.1 Å². The Hall–Kier alpha value is -1.31. The second-order valence-corrected chi connectivity index (χ2v) is 9.95. The van der Waals surface area contributed by atoms with Gasteiger partial charge < -0.3 is 15.1 Å². The number of amides is 1. The molecule has 0 aromatic heterocycles. The summed E-state index contributed by atoms with van der Waals surface area (Å²) in [4.78, 5) is 20.7. The molecular formula is C16H30N4O3S. The van der Waals surface area contributed by atoms with Crippen LogP contribution in [-0.2, 0) is 14.6 Å². The van der Waals surface area contributed by atoms with Crippen molar-refractivity contribution in [1.82, 2.24) is 15.1 Å². The molecule has 0 aromatic rings. The van der Waals surface area contributed by atoms with E-state index in [1.54, 1.807) is 7.05 Å². The SMILES string of the molecule is CN=C(NCC1CCS(=O)(=O)C1)N1CC(=O)N(C(C)C)C(C)(C)C1. The maximum absolute atomic E-state index is 12.5. The number of nitrogens with zero attached hydrogens (tertiary/aromatic N) is 3. The van der Waals surface area contributed by atoms with Crippen molar-refractivity contribution in [3.63, 3.8) is 0 Å². The van der Waals surface area contributed by atoms with Gasteiger partial charge in [0.25, 0.3) is 0 Å². The van der Waals surface area contributed by atoms with Crippen LogP contribution in [0.3, 0.4) is 0 Å². The number of sulfone groups is 1. The van der Waals surface area contributed by atoms with E-state index in [2.05, 4.69) is 24.2 Å². The maximum Gasteiger partial charge on any atom is 0.242 e. The number of carbonyl (C=O) groups is 1. The molecule has 1 unspecified atom stereocenters. The van der Waals surface area contributed by atoms with Gasteiger partial charge in [-0.3, -0.25) is 9.79 Å². The van der Waals surface area contributed by atoms with Crippen molar-refractivity contribution in [2.24, 2.45) is 10.9 Å². The van der Waals surface area contributed by atoms with Gasteiger partial charge in [0.05, 0.1) is 23.6 Å². The molecule has 24 heavy (non-hydrogen) atoms. The lowest BCUT2D eigenvalue weighted by Crippen LogP contribution is -2.66. The van der Waals surface area contributed by atoms with E-state index in [4.69, 9.17) is 0 Å². The lowest BCUT2D eigenvalue weighted by Gasteiger charge is -2.49. The number of hydrogen-bond donors (Lipinski definition) is 1. The van der Waals surface area contributed by atoms with Gasteiger partial charge in [0.2, 0.25) is 5.91 Å². The first kappa shape index (κ1) is 19.0. The zero-order valence-corrected chi connectivity index (χ0v) is 16.2. The molecule has 2 rings (SSSR count). The summed E-state index contributed by atoms with van der Waals surface area (Å²) < 4.78 is 23.1. The van der Waals surface area contributed by atoms with E-state index >= 15 is 0 Å². The fourth-order valence-electron chi connectivity index (χ4n) is 3.91. The smallest absolute Gasteiger partial charge is 0.242 e. The first-order valence-corrected chi connectivity index (χ1v) is 10.4. The fourth-order valence-corrected chi connectivity index (χ4v) is 5.78. The highest BCUT2D eigenvalue weighted by atomic mass is 32.2. The van der Waals surface area contributed by atoms with Gasteiger partial charge in [-0.15, -0.1) is 0 Å². The maximum atomic E-state index is 12.5. The summed E-state index contributed by atoms with van der Waals surface area (Å²) in [5.41, 5.74) is -0.280. The van der Waals surface area contributed by atoms with E-state index in [0.29, 0.717) is 32.0 Å². The minimum absolute atomic E-state index is 0.0904. The van der Waals surface area contributed by atoms with Crippen molar-refractivity contribution >= 4 is 21.7 Å². The molecule has 2 aliphatic heterocycles. The van der Waals surface area contributed by atoms with Crippen LogP contribution >= 0.6 is 0 Å². The first-order chi connectivity index (χ1) is 11.1. The molecule has 0 aliphatic carbocycles. The third kappa shape index (κ3) is 4.20. The largest absolute Gasteiger partial charge is 0.356 e. The van der Waals surface area contributed by atoms with E-state index in [0.717, 1.165) is 0 Å². The number of piperazine rings is 1. The number of rotatable bonds is 3. The summed E-state index contributed by atoms with van der Waals surface area (Å²) in [5.74, 6) is 1.39. The second-order valence-electron chi connectivity index (χ2n) is 7.72. The molecule has 0 aromatic carbocycles. The van der Waals surface area contributed by atoms with Gasteiger partial charge in [0.1, 0.15) is 0 Å². The normalized spacial score (nSPS) is 27.0. The molecule has 0 spiro atoms. The Kier molecular flexibility index (Phi) is 5.47. The predicted molar refractivity (Wildman–Crippen MR) is 95.8 cm³/mol. The monoisotopic (exact) mass is 358 g/mol. The zero-order valence-electron chi connectivity index (χ0n) is 15.4. The summed E-state index contributed by atoms with van der Waals surface area (Å²) in [7, 11) is -1.18. The Morgan fingerprint density at radius 1 is 1.42 bits per heavy atom. The van der Waals surface area contributed by atoms with Crippen LogP contribution in [0.4, 0.5) is 0 Å². The van der Waals surface area contributed by atoms with Crippen LogP contribution in [-0.4, -0.2) is 79.9 Å². The Morgan fingerprint density at radius 2 is 2.08 bits per heavy atom. The summed E-state index contributed by atoms with van der Waals surface area (Å²) in [6, 6.07) is 0.160. The summed E-state index contributed by atoms with van der Waals surface area (Å²) in [6.45, 7) is 9.75. The Morgan fingerprint density at radius 3 is 2.54 bits per heavy atom. The molecule has 1 atom stereocenters. The number of carbonyl (C=O) groups excluding carboxylic acids is 1. The molecule has 1 amide bonds. The molecule has 2 saturated heterocycles. The standard InChI is InChI=1S/C16H30N4O3S/c1-12(2)20-14(21)9-19(11-16(20,3)4)15(17-5)18-8-13-6-7-24(22,23)10-13/h12-13H,6-11H2,1-5H3,(H,17,18). The van der Waals surface area contributed by atoms with Crippen LogP contribution in [0, 0.1) is 5.92 Å². The van der Waals surface area contributed by atoms with Crippen molar-refractivity contribution in [2.75, 3.05) is 38.2 Å². The Labute approximate surface area is 145 Å². The van der Waals surface area contributed by atoms with Gasteiger partial charge in [-0.05, 0) is 40.0 Å². The van der Waals surface area contributed by atoms with Gasteiger partial charge in [0, 0.05) is 26.2 Å². The molecule has 0 radical (unpaired) electrons. The first-order valence-electron chi connectivity index (χ1n) is 8.54. The third-order valence-corrected chi connectivity index (χ3v) is 6.57. The minimum Gasteiger partial charge on any atom is -0.356 e. The van der Waals surface area contributed by atoms with Gasteiger partial charge in [-0.25, -0.2) is 8.42 Å². The van der Waals surface area contributed by atoms with Gasteiger partial charge in [-0.2, -0.15) is 0 Å². The van der Waals surface area contributed by atoms with Crippen LogP contribution in [0.1, 0.15) is 34.1 Å². The van der Waals surface area contributed by atoms with Crippen molar-refractivity contribution in [2.45, 2.75) is 45.7 Å². The molecule has 8 heteroatoms. The van der Waals surface area contributed by atoms with E-state index < -0.39 is 9.84 Å². The van der Waals surface area contributed by atoms with E-state index in [1.807, 2.05) is 23.6 Å². The van der Waals surface area contributed by atoms with Crippen LogP contribution < -0.4 is 5.32 Å². The van der Waals surface area contributed by atoms with Crippen LogP contribution in [0.5, 0.6) is 0 Å². The van der Waals surface area contributed by atoms with Crippen molar-refractivity contribution in [3.8, 4) is 0 Å². The zero-order chi connectivity index (χ0) is 18.1. The summed E-state index contributed by atoms with van der Waals surface area (Å²) in [5, 5.41) is 3.26. The lowest BCUT2D eigenvalue weighted by molar-refractivity contribution is -0.145. The second kappa shape index (κ2) is 6.90.